The molecule has 0 aliphatic rings. The van der Waals surface area contributed by atoms with Crippen LogP contribution in [-0.2, 0) is 27.9 Å². The third-order valence-corrected chi connectivity index (χ3v) is 8.41. The van der Waals surface area contributed by atoms with E-state index >= 15 is 0 Å². The summed E-state index contributed by atoms with van der Waals surface area (Å²) in [4.78, 5) is 24.9. The molecule has 0 aliphatic carbocycles. The van der Waals surface area contributed by atoms with Crippen molar-refractivity contribution < 1.29 is 37.3 Å². The number of unbranched alkanes of at least 4 members (excludes halogenated alkanes) is 7. The van der Waals surface area contributed by atoms with Gasteiger partial charge < -0.3 is 27.9 Å². The fourth-order valence-electron chi connectivity index (χ4n) is 4.48. The van der Waals surface area contributed by atoms with E-state index in [1.165, 1.54) is 25.7 Å². The Morgan fingerprint density at radius 3 is 1.71 bits per heavy atom. The van der Waals surface area contributed by atoms with Gasteiger partial charge in [-0.15, -0.1) is 0 Å². The molecule has 0 saturated heterocycles. The number of allylic oxidation sites excluding steroid dienone is 13. The molecular formula is C42H72NO7P. The van der Waals surface area contributed by atoms with Crippen LogP contribution in [0.3, 0.4) is 0 Å². The van der Waals surface area contributed by atoms with Crippen molar-refractivity contribution >= 4 is 13.8 Å². The van der Waals surface area contributed by atoms with E-state index in [0.29, 0.717) is 24.1 Å². The lowest BCUT2D eigenvalue weighted by molar-refractivity contribution is -0.870. The molecule has 51 heavy (non-hydrogen) atoms. The van der Waals surface area contributed by atoms with Gasteiger partial charge in [0.2, 0.25) is 0 Å². The van der Waals surface area contributed by atoms with Crippen LogP contribution < -0.4 is 4.89 Å². The van der Waals surface area contributed by atoms with Crippen LogP contribution in [0.4, 0.5) is 0 Å². The van der Waals surface area contributed by atoms with Crippen molar-refractivity contribution in [3.8, 4) is 0 Å². The second-order valence-corrected chi connectivity index (χ2v) is 15.0. The minimum absolute atomic E-state index is 0.00270. The van der Waals surface area contributed by atoms with E-state index in [2.05, 4.69) is 86.8 Å². The number of hydrogen-bond donors (Lipinski definition) is 0. The van der Waals surface area contributed by atoms with Crippen molar-refractivity contribution in [2.45, 2.75) is 123 Å². The second kappa shape index (κ2) is 34.7. The first-order valence-electron chi connectivity index (χ1n) is 19.3. The van der Waals surface area contributed by atoms with Crippen LogP contribution in [-0.4, -0.2) is 70.7 Å². The number of phosphoric acid groups is 1. The number of carbonyl (C=O) groups excluding carboxylic acids is 1. The molecule has 2 atom stereocenters. The minimum atomic E-state index is -4.55. The molecule has 0 fully saturated rings. The molecule has 0 rings (SSSR count). The average Bonchev–Trinajstić information content (AvgIpc) is 3.08. The monoisotopic (exact) mass is 734 g/mol. The number of quaternary nitrogens is 1. The fraction of sp³-hybridized carbons (Fsp3) is 0.643. The largest absolute Gasteiger partial charge is 0.756 e. The normalized spacial score (nSPS) is 14.9. The summed E-state index contributed by atoms with van der Waals surface area (Å²) >= 11 is 0. The summed E-state index contributed by atoms with van der Waals surface area (Å²) in [5.41, 5.74) is 0. The highest BCUT2D eigenvalue weighted by atomic mass is 31.2. The summed E-state index contributed by atoms with van der Waals surface area (Å²) in [7, 11) is 1.28. The van der Waals surface area contributed by atoms with Gasteiger partial charge in [0.25, 0.3) is 7.82 Å². The Morgan fingerprint density at radius 1 is 0.627 bits per heavy atom. The summed E-state index contributed by atoms with van der Waals surface area (Å²) in [5, 5.41) is 0. The molecule has 9 heteroatoms. The zero-order valence-electron chi connectivity index (χ0n) is 32.8. The molecule has 2 unspecified atom stereocenters. The number of carbonyl (C=O) groups is 1. The molecule has 8 nitrogen and oxygen atoms in total. The first-order valence-corrected chi connectivity index (χ1v) is 20.8. The van der Waals surface area contributed by atoms with Gasteiger partial charge in [-0.25, -0.2) is 0 Å². The van der Waals surface area contributed by atoms with Crippen LogP contribution in [0.1, 0.15) is 117 Å². The van der Waals surface area contributed by atoms with E-state index in [1.807, 2.05) is 27.2 Å². The SMILES string of the molecule is CC/C=C\C/C=C\C/C=C\C/C=C\C/C=C\CC(=O)OC(COCCCCCCCC/C=C\C/C=C\CCC)COP(=O)([O-])OCC[N+](C)(C)C. The average molecular weight is 734 g/mol. The summed E-state index contributed by atoms with van der Waals surface area (Å²) in [6, 6.07) is 0. The van der Waals surface area contributed by atoms with Gasteiger partial charge in [0.15, 0.2) is 0 Å². The topological polar surface area (TPSA) is 94.1 Å². The molecule has 0 bridgehead atoms. The molecule has 292 valence electrons. The van der Waals surface area contributed by atoms with Crippen molar-refractivity contribution in [2.24, 2.45) is 0 Å². The zero-order chi connectivity index (χ0) is 37.7. The molecular weight excluding hydrogens is 661 g/mol. The van der Waals surface area contributed by atoms with Gasteiger partial charge >= 0.3 is 5.97 Å². The van der Waals surface area contributed by atoms with Crippen molar-refractivity contribution in [2.75, 3.05) is 54.1 Å². The lowest BCUT2D eigenvalue weighted by atomic mass is 10.1. The lowest BCUT2D eigenvalue weighted by Crippen LogP contribution is -2.37. The standard InChI is InChI=1S/C42H72NO7P/c1-6-8-10-12-14-16-18-20-22-23-25-27-29-31-33-35-42(44)50-41(40-49-51(45,46)48-38-36-43(3,4)5)39-47-37-34-32-30-28-26-24-21-19-17-15-13-11-9-7-2/h8,10-11,13-14,16-17,19-20,22,25,27,31,33,41H,6-7,9,12,15,18,21,23-24,26,28-30,32,34-40H2,1-5H3/b10-8-,13-11-,16-14-,19-17-,22-20-,27-25-,33-31-. The van der Waals surface area contributed by atoms with E-state index in [0.717, 1.165) is 64.2 Å². The molecule has 0 aromatic carbocycles. The maximum absolute atomic E-state index is 12.6. The highest BCUT2D eigenvalue weighted by molar-refractivity contribution is 7.45. The van der Waals surface area contributed by atoms with Crippen molar-refractivity contribution in [1.82, 2.24) is 0 Å². The number of likely N-dealkylation sites (N-methyl/N-ethyl adjacent to an activating group) is 1. The third-order valence-electron chi connectivity index (χ3n) is 7.44. The number of rotatable bonds is 34. The summed E-state index contributed by atoms with van der Waals surface area (Å²) in [6.07, 6.45) is 44.8. The van der Waals surface area contributed by atoms with Gasteiger partial charge in [-0.05, 0) is 64.2 Å². The lowest BCUT2D eigenvalue weighted by Gasteiger charge is -2.28. The maximum Gasteiger partial charge on any atom is 0.310 e. The van der Waals surface area contributed by atoms with Crippen LogP contribution in [0.5, 0.6) is 0 Å². The number of esters is 1. The van der Waals surface area contributed by atoms with Crippen LogP contribution in [0.25, 0.3) is 0 Å². The van der Waals surface area contributed by atoms with Crippen LogP contribution in [0.15, 0.2) is 85.1 Å². The van der Waals surface area contributed by atoms with Gasteiger partial charge in [0.1, 0.15) is 19.3 Å². The molecule has 0 saturated carbocycles. The van der Waals surface area contributed by atoms with Crippen molar-refractivity contribution in [1.29, 1.82) is 0 Å². The van der Waals surface area contributed by atoms with E-state index < -0.39 is 19.9 Å². The summed E-state index contributed by atoms with van der Waals surface area (Å²) in [5.74, 6) is -0.469. The van der Waals surface area contributed by atoms with Crippen LogP contribution >= 0.6 is 7.82 Å². The summed E-state index contributed by atoms with van der Waals surface area (Å²) < 4.78 is 34.3. The maximum atomic E-state index is 12.6. The van der Waals surface area contributed by atoms with E-state index in [4.69, 9.17) is 18.5 Å². The van der Waals surface area contributed by atoms with Gasteiger partial charge in [0.05, 0.1) is 40.8 Å². The number of phosphoric ester groups is 1. The van der Waals surface area contributed by atoms with Gasteiger partial charge in [-0.2, -0.15) is 0 Å². The zero-order valence-corrected chi connectivity index (χ0v) is 33.7. The molecule has 0 aromatic rings. The Hall–Kier alpha value is -2.32. The number of hydrogen-bond acceptors (Lipinski definition) is 7. The Balaban J connectivity index is 4.49. The quantitative estimate of drug-likeness (QED) is 0.0214. The molecule has 0 aromatic heterocycles. The first kappa shape index (κ1) is 48.7. The van der Waals surface area contributed by atoms with Crippen molar-refractivity contribution in [3.05, 3.63) is 85.1 Å². The Morgan fingerprint density at radius 2 is 1.14 bits per heavy atom. The van der Waals surface area contributed by atoms with Crippen LogP contribution in [0.2, 0.25) is 0 Å². The minimum Gasteiger partial charge on any atom is -0.756 e. The molecule has 0 amide bonds. The Kier molecular flexibility index (Phi) is 33.2. The van der Waals surface area contributed by atoms with Gasteiger partial charge in [-0.3, -0.25) is 9.36 Å². The molecule has 0 heterocycles. The predicted molar refractivity (Wildman–Crippen MR) is 212 cm³/mol. The van der Waals surface area contributed by atoms with Gasteiger partial charge in [0, 0.05) is 6.61 Å². The smallest absolute Gasteiger partial charge is 0.310 e. The predicted octanol–water partition coefficient (Wildman–Crippen LogP) is 10.3. The van der Waals surface area contributed by atoms with Crippen molar-refractivity contribution in [3.63, 3.8) is 0 Å². The number of nitrogens with zero attached hydrogens (tertiary/aromatic N) is 1. The highest BCUT2D eigenvalue weighted by Gasteiger charge is 2.20. The van der Waals surface area contributed by atoms with E-state index in [1.54, 1.807) is 6.08 Å². The van der Waals surface area contributed by atoms with E-state index in [9.17, 15) is 14.3 Å². The van der Waals surface area contributed by atoms with Gasteiger partial charge in [-0.1, -0.05) is 131 Å². The molecule has 0 spiro atoms. The fourth-order valence-corrected chi connectivity index (χ4v) is 5.21. The van der Waals surface area contributed by atoms with Crippen LogP contribution in [0, 0.1) is 0 Å². The third kappa shape index (κ3) is 38.7. The van der Waals surface area contributed by atoms with E-state index in [-0.39, 0.29) is 26.2 Å². The number of ether oxygens (including phenoxy) is 2. The Labute approximate surface area is 312 Å². The highest BCUT2D eigenvalue weighted by Crippen LogP contribution is 2.38. The molecule has 0 N–H and O–H groups in total. The second-order valence-electron chi connectivity index (χ2n) is 13.6. The first-order chi connectivity index (χ1) is 24.6. The molecule has 0 radical (unpaired) electrons. The summed E-state index contributed by atoms with van der Waals surface area (Å²) in [6.45, 7) is 5.03. The molecule has 0 aliphatic heterocycles. The Bertz CT molecular complexity index is 1090.